The zero-order chi connectivity index (χ0) is 13.0. The molecule has 0 aliphatic heterocycles. The average molecular weight is 253 g/mol. The number of pyridine rings is 1. The van der Waals surface area contributed by atoms with Crippen LogP contribution in [0.25, 0.3) is 0 Å². The first kappa shape index (κ1) is 14.0. The molecule has 1 aromatic rings. The number of thioether (sulfide) groups is 1. The molecule has 1 aromatic heterocycles. The van der Waals surface area contributed by atoms with Crippen LogP contribution in [-0.4, -0.2) is 21.8 Å². The first-order valence-corrected chi connectivity index (χ1v) is 6.74. The molecule has 0 radical (unpaired) electrons. The number of nitrogens with zero attached hydrogens (tertiary/aromatic N) is 1. The lowest BCUT2D eigenvalue weighted by Gasteiger charge is -2.10. The van der Waals surface area contributed by atoms with Crippen LogP contribution in [0, 0.1) is 19.8 Å². The molecule has 0 aromatic carbocycles. The molecule has 17 heavy (non-hydrogen) atoms. The van der Waals surface area contributed by atoms with Gasteiger partial charge in [0.25, 0.3) is 0 Å². The molecular formula is C13H19NO2S. The number of carbonyl (C=O) groups is 1. The number of hydrogen-bond donors (Lipinski definition) is 1. The number of aryl methyl sites for hydroxylation is 2. The van der Waals surface area contributed by atoms with Crippen LogP contribution in [0.4, 0.5) is 0 Å². The third-order valence-electron chi connectivity index (χ3n) is 2.46. The van der Waals surface area contributed by atoms with Crippen molar-refractivity contribution in [2.45, 2.75) is 39.0 Å². The molecular weight excluding hydrogens is 234 g/mol. The number of rotatable bonds is 5. The monoisotopic (exact) mass is 253 g/mol. The van der Waals surface area contributed by atoms with E-state index in [0.717, 1.165) is 22.8 Å². The van der Waals surface area contributed by atoms with Crippen LogP contribution < -0.4 is 0 Å². The lowest BCUT2D eigenvalue weighted by Crippen LogP contribution is -2.05. The maximum absolute atomic E-state index is 11.2. The Labute approximate surface area is 107 Å². The van der Waals surface area contributed by atoms with Gasteiger partial charge in [0.2, 0.25) is 0 Å². The molecule has 0 aliphatic rings. The minimum Gasteiger partial charge on any atom is -0.478 e. The molecule has 0 bridgehead atoms. The molecule has 0 saturated heterocycles. The Hall–Kier alpha value is -1.03. The van der Waals surface area contributed by atoms with Gasteiger partial charge in [0, 0.05) is 10.6 Å². The van der Waals surface area contributed by atoms with Crippen LogP contribution in [0.3, 0.4) is 0 Å². The Morgan fingerprint density at radius 1 is 1.47 bits per heavy atom. The van der Waals surface area contributed by atoms with Crippen LogP contribution in [0.5, 0.6) is 0 Å². The van der Waals surface area contributed by atoms with Crippen molar-refractivity contribution in [1.82, 2.24) is 4.98 Å². The molecule has 1 heterocycles. The Morgan fingerprint density at radius 2 is 2.12 bits per heavy atom. The zero-order valence-electron chi connectivity index (χ0n) is 10.8. The Bertz CT molecular complexity index is 416. The van der Waals surface area contributed by atoms with Crippen molar-refractivity contribution >= 4 is 17.7 Å². The third kappa shape index (κ3) is 4.04. The SMILES string of the molecule is Cc1cc(SCCC(C)C)c(C(=O)O)c(C)n1. The van der Waals surface area contributed by atoms with Gasteiger partial charge in [-0.1, -0.05) is 13.8 Å². The van der Waals surface area contributed by atoms with Crippen molar-refractivity contribution in [2.75, 3.05) is 5.75 Å². The van der Waals surface area contributed by atoms with Gasteiger partial charge in [-0.2, -0.15) is 0 Å². The highest BCUT2D eigenvalue weighted by molar-refractivity contribution is 7.99. The maximum Gasteiger partial charge on any atom is 0.338 e. The van der Waals surface area contributed by atoms with Gasteiger partial charge in [0.05, 0.1) is 11.3 Å². The van der Waals surface area contributed by atoms with Gasteiger partial charge in [0.1, 0.15) is 0 Å². The van der Waals surface area contributed by atoms with Gasteiger partial charge in [-0.15, -0.1) is 11.8 Å². The van der Waals surface area contributed by atoms with Crippen molar-refractivity contribution in [2.24, 2.45) is 5.92 Å². The largest absolute Gasteiger partial charge is 0.478 e. The normalized spacial score (nSPS) is 10.9. The van der Waals surface area contributed by atoms with Gasteiger partial charge >= 0.3 is 5.97 Å². The molecule has 94 valence electrons. The summed E-state index contributed by atoms with van der Waals surface area (Å²) in [5, 5.41) is 9.19. The smallest absolute Gasteiger partial charge is 0.338 e. The number of carboxylic acids is 1. The summed E-state index contributed by atoms with van der Waals surface area (Å²) in [6.07, 6.45) is 1.09. The van der Waals surface area contributed by atoms with Crippen LogP contribution in [0.2, 0.25) is 0 Å². The third-order valence-corrected chi connectivity index (χ3v) is 3.53. The molecule has 0 atom stereocenters. The number of hydrogen-bond acceptors (Lipinski definition) is 3. The second kappa shape index (κ2) is 6.05. The fourth-order valence-corrected chi connectivity index (χ4v) is 3.01. The maximum atomic E-state index is 11.2. The standard InChI is InChI=1S/C13H19NO2S/c1-8(2)5-6-17-11-7-9(3)14-10(4)12(11)13(15)16/h7-8H,5-6H2,1-4H3,(H,15,16). The molecule has 3 nitrogen and oxygen atoms in total. The lowest BCUT2D eigenvalue weighted by molar-refractivity contribution is 0.0691. The van der Waals surface area contributed by atoms with Crippen molar-refractivity contribution in [3.8, 4) is 0 Å². The summed E-state index contributed by atoms with van der Waals surface area (Å²) in [7, 11) is 0. The fraction of sp³-hybridized carbons (Fsp3) is 0.538. The van der Waals surface area contributed by atoms with Gasteiger partial charge in [0.15, 0.2) is 0 Å². The summed E-state index contributed by atoms with van der Waals surface area (Å²) in [4.78, 5) is 16.2. The molecule has 1 rings (SSSR count). The summed E-state index contributed by atoms with van der Waals surface area (Å²) < 4.78 is 0. The highest BCUT2D eigenvalue weighted by Crippen LogP contribution is 2.27. The van der Waals surface area contributed by atoms with Gasteiger partial charge in [-0.05, 0) is 38.0 Å². The molecule has 4 heteroatoms. The highest BCUT2D eigenvalue weighted by Gasteiger charge is 2.15. The van der Waals surface area contributed by atoms with Crippen molar-refractivity contribution in [1.29, 1.82) is 0 Å². The van der Waals surface area contributed by atoms with E-state index in [0.29, 0.717) is 17.2 Å². The first-order valence-electron chi connectivity index (χ1n) is 5.76. The first-order chi connectivity index (χ1) is 7.91. The molecule has 0 aliphatic carbocycles. The molecule has 1 N–H and O–H groups in total. The molecule has 0 spiro atoms. The van der Waals surface area contributed by atoms with E-state index in [4.69, 9.17) is 0 Å². The van der Waals surface area contributed by atoms with E-state index in [1.54, 1.807) is 18.7 Å². The summed E-state index contributed by atoms with van der Waals surface area (Å²) in [6.45, 7) is 7.98. The lowest BCUT2D eigenvalue weighted by atomic mass is 10.2. The zero-order valence-corrected chi connectivity index (χ0v) is 11.6. The minimum absolute atomic E-state index is 0.351. The predicted molar refractivity (Wildman–Crippen MR) is 70.8 cm³/mol. The van der Waals surface area contributed by atoms with E-state index >= 15 is 0 Å². The topological polar surface area (TPSA) is 50.2 Å². The number of aromatic nitrogens is 1. The van der Waals surface area contributed by atoms with Crippen molar-refractivity contribution in [3.63, 3.8) is 0 Å². The van der Waals surface area contributed by atoms with E-state index in [2.05, 4.69) is 18.8 Å². The highest BCUT2D eigenvalue weighted by atomic mass is 32.2. The van der Waals surface area contributed by atoms with Gasteiger partial charge in [-0.25, -0.2) is 4.79 Å². The number of aromatic carboxylic acids is 1. The summed E-state index contributed by atoms with van der Waals surface area (Å²) >= 11 is 1.61. The van der Waals surface area contributed by atoms with E-state index in [9.17, 15) is 9.90 Å². The van der Waals surface area contributed by atoms with Crippen molar-refractivity contribution < 1.29 is 9.90 Å². The van der Waals surface area contributed by atoms with E-state index in [-0.39, 0.29) is 0 Å². The quantitative estimate of drug-likeness (QED) is 0.815. The molecule has 0 amide bonds. The summed E-state index contributed by atoms with van der Waals surface area (Å²) in [6, 6.07) is 1.86. The second-order valence-corrected chi connectivity index (χ2v) is 5.70. The van der Waals surface area contributed by atoms with Gasteiger partial charge in [-0.3, -0.25) is 4.98 Å². The molecule has 0 unspecified atom stereocenters. The van der Waals surface area contributed by atoms with Crippen LogP contribution >= 0.6 is 11.8 Å². The van der Waals surface area contributed by atoms with Crippen LogP contribution in [-0.2, 0) is 0 Å². The molecule has 0 fully saturated rings. The van der Waals surface area contributed by atoms with E-state index in [1.807, 2.05) is 13.0 Å². The van der Waals surface area contributed by atoms with Crippen LogP contribution in [0.15, 0.2) is 11.0 Å². The van der Waals surface area contributed by atoms with Crippen molar-refractivity contribution in [3.05, 3.63) is 23.0 Å². The summed E-state index contributed by atoms with van der Waals surface area (Å²) in [5.41, 5.74) is 1.83. The predicted octanol–water partition coefficient (Wildman–Crippen LogP) is 3.53. The Kier molecular flexibility index (Phi) is 5.00. The summed E-state index contributed by atoms with van der Waals surface area (Å²) in [5.74, 6) is 0.697. The Morgan fingerprint density at radius 3 is 2.65 bits per heavy atom. The molecule has 0 saturated carbocycles. The van der Waals surface area contributed by atoms with E-state index < -0.39 is 5.97 Å². The van der Waals surface area contributed by atoms with Gasteiger partial charge < -0.3 is 5.11 Å². The van der Waals surface area contributed by atoms with E-state index in [1.165, 1.54) is 0 Å². The minimum atomic E-state index is -0.887. The fourth-order valence-electron chi connectivity index (χ4n) is 1.57. The number of carboxylic acid groups (broad SMARTS) is 1. The Balaban J connectivity index is 2.92. The second-order valence-electron chi connectivity index (χ2n) is 4.56. The van der Waals surface area contributed by atoms with Crippen LogP contribution in [0.1, 0.15) is 42.0 Å². The average Bonchev–Trinajstić information content (AvgIpc) is 2.14.